The van der Waals surface area contributed by atoms with Gasteiger partial charge in [-0.15, -0.1) is 0 Å². The van der Waals surface area contributed by atoms with Crippen LogP contribution in [0.4, 0.5) is 5.95 Å². The van der Waals surface area contributed by atoms with Crippen LogP contribution < -0.4 is 10.6 Å². The van der Waals surface area contributed by atoms with E-state index in [1.165, 1.54) is 0 Å². The predicted molar refractivity (Wildman–Crippen MR) is 76.9 cm³/mol. The first kappa shape index (κ1) is 16.1. The summed E-state index contributed by atoms with van der Waals surface area (Å²) in [4.78, 5) is 17.4. The molecule has 1 heterocycles. The van der Waals surface area contributed by atoms with Gasteiger partial charge in [0.1, 0.15) is 0 Å². The number of aromatic hydroxyl groups is 1. The molecule has 0 aromatic carbocycles. The maximum Gasteiger partial charge on any atom is 0.289 e. The van der Waals surface area contributed by atoms with Crippen LogP contribution in [-0.4, -0.2) is 28.3 Å². The van der Waals surface area contributed by atoms with Crippen LogP contribution in [0, 0.1) is 0 Å². The van der Waals surface area contributed by atoms with Crippen molar-refractivity contribution in [3.63, 3.8) is 0 Å². The lowest BCUT2D eigenvalue weighted by Crippen LogP contribution is -2.13. The van der Waals surface area contributed by atoms with E-state index < -0.39 is 18.1 Å². The molecule has 0 unspecified atom stereocenters. The summed E-state index contributed by atoms with van der Waals surface area (Å²) in [5.41, 5.74) is -0.484. The second-order valence-corrected chi connectivity index (χ2v) is 6.91. The molecule has 1 aromatic rings. The fourth-order valence-electron chi connectivity index (χ4n) is 1.15. The molecular formula is C10H18N3O4PS. The Morgan fingerprint density at radius 1 is 1.42 bits per heavy atom. The van der Waals surface area contributed by atoms with Crippen molar-refractivity contribution in [2.24, 2.45) is 0 Å². The molecule has 0 fully saturated rings. The van der Waals surface area contributed by atoms with E-state index in [4.69, 9.17) is 20.9 Å². The Morgan fingerprint density at radius 3 is 2.47 bits per heavy atom. The highest BCUT2D eigenvalue weighted by Gasteiger charge is 2.20. The summed E-state index contributed by atoms with van der Waals surface area (Å²) in [7, 11) is 0. The van der Waals surface area contributed by atoms with Crippen LogP contribution in [0.15, 0.2) is 10.9 Å². The molecule has 0 saturated heterocycles. The number of hydrogen-bond acceptors (Lipinski definition) is 6. The third-order valence-electron chi connectivity index (χ3n) is 1.90. The SMILES string of the molecule is CCCOP(=S)(Nc1nc(O)cc(=O)[nH]1)OCCC. The highest BCUT2D eigenvalue weighted by atomic mass is 32.5. The van der Waals surface area contributed by atoms with Crippen molar-refractivity contribution >= 4 is 24.4 Å². The standard InChI is InChI=1S/C10H18N3O4PS/c1-3-5-16-18(19,17-6-4-2)13-10-11-8(14)7-9(15)12-10/h7H,3-6H2,1-2H3,(H3,11,12,13,14,15,19). The number of anilines is 1. The molecule has 108 valence electrons. The maximum absolute atomic E-state index is 11.2. The molecule has 0 saturated carbocycles. The molecule has 0 aliphatic heterocycles. The first-order valence-electron chi connectivity index (χ1n) is 5.97. The van der Waals surface area contributed by atoms with Crippen molar-refractivity contribution in [3.05, 3.63) is 16.4 Å². The van der Waals surface area contributed by atoms with Gasteiger partial charge < -0.3 is 14.2 Å². The highest BCUT2D eigenvalue weighted by molar-refractivity contribution is 8.10. The molecule has 0 radical (unpaired) electrons. The third kappa shape index (κ3) is 5.69. The normalized spacial score (nSPS) is 11.5. The van der Waals surface area contributed by atoms with Crippen molar-refractivity contribution in [2.45, 2.75) is 26.7 Å². The number of nitrogens with zero attached hydrogens (tertiary/aromatic N) is 1. The molecule has 19 heavy (non-hydrogen) atoms. The lowest BCUT2D eigenvalue weighted by molar-refractivity contribution is 0.250. The molecule has 0 amide bonds. The van der Waals surface area contributed by atoms with Crippen LogP contribution in [0.25, 0.3) is 0 Å². The fraction of sp³-hybridized carbons (Fsp3) is 0.600. The molecular weight excluding hydrogens is 289 g/mol. The van der Waals surface area contributed by atoms with Gasteiger partial charge in [-0.3, -0.25) is 14.9 Å². The maximum atomic E-state index is 11.2. The van der Waals surface area contributed by atoms with Gasteiger partial charge in [0.05, 0.1) is 19.3 Å². The molecule has 0 atom stereocenters. The Labute approximate surface area is 116 Å². The zero-order valence-corrected chi connectivity index (χ0v) is 12.6. The zero-order chi connectivity index (χ0) is 14.3. The van der Waals surface area contributed by atoms with Crippen LogP contribution in [0.1, 0.15) is 26.7 Å². The van der Waals surface area contributed by atoms with Crippen LogP contribution in [0.2, 0.25) is 0 Å². The lowest BCUT2D eigenvalue weighted by Gasteiger charge is -2.22. The van der Waals surface area contributed by atoms with Gasteiger partial charge in [-0.25, -0.2) is 0 Å². The first-order chi connectivity index (χ1) is 8.99. The summed E-state index contributed by atoms with van der Waals surface area (Å²) in [6.45, 7) is 2.01. The second-order valence-electron chi connectivity index (χ2n) is 3.73. The lowest BCUT2D eigenvalue weighted by atomic mass is 10.5. The Balaban J connectivity index is 2.86. The van der Waals surface area contributed by atoms with E-state index in [-0.39, 0.29) is 5.95 Å². The number of aromatic amines is 1. The third-order valence-corrected chi connectivity index (χ3v) is 4.34. The molecule has 1 rings (SSSR count). The molecule has 0 aliphatic carbocycles. The van der Waals surface area contributed by atoms with Crippen molar-refractivity contribution < 1.29 is 14.2 Å². The van der Waals surface area contributed by atoms with E-state index >= 15 is 0 Å². The van der Waals surface area contributed by atoms with E-state index in [1.807, 2.05) is 13.8 Å². The summed E-state index contributed by atoms with van der Waals surface area (Å²) in [6.07, 6.45) is 1.58. The minimum absolute atomic E-state index is 0.0422. The van der Waals surface area contributed by atoms with Gasteiger partial charge in [0.2, 0.25) is 11.8 Å². The minimum Gasteiger partial charge on any atom is -0.493 e. The predicted octanol–water partition coefficient (Wildman–Crippen LogP) is 1.97. The number of rotatable bonds is 8. The summed E-state index contributed by atoms with van der Waals surface area (Å²) in [5, 5.41) is 12.0. The topological polar surface area (TPSA) is 96.5 Å². The highest BCUT2D eigenvalue weighted by Crippen LogP contribution is 2.47. The number of hydrogen-bond donors (Lipinski definition) is 3. The summed E-state index contributed by atoms with van der Waals surface area (Å²) in [5.74, 6) is -0.348. The van der Waals surface area contributed by atoms with Crippen LogP contribution >= 0.6 is 6.64 Å². The fourth-order valence-corrected chi connectivity index (χ4v) is 3.27. The average Bonchev–Trinajstić information content (AvgIpc) is 2.33. The molecule has 0 bridgehead atoms. The zero-order valence-electron chi connectivity index (χ0n) is 10.9. The van der Waals surface area contributed by atoms with Crippen LogP contribution in [0.5, 0.6) is 5.88 Å². The van der Waals surface area contributed by atoms with Gasteiger partial charge in [-0.05, 0) is 24.6 Å². The van der Waals surface area contributed by atoms with Gasteiger partial charge in [0.15, 0.2) is 0 Å². The van der Waals surface area contributed by atoms with Gasteiger partial charge in [-0.2, -0.15) is 4.98 Å². The Hall–Kier alpha value is -0.950. The summed E-state index contributed by atoms with van der Waals surface area (Å²) < 4.78 is 11.0. The quantitative estimate of drug-likeness (QED) is 0.632. The van der Waals surface area contributed by atoms with Crippen LogP contribution in [-0.2, 0) is 20.9 Å². The number of aromatic nitrogens is 2. The summed E-state index contributed by atoms with van der Waals surface area (Å²) >= 11 is 5.31. The van der Waals surface area contributed by atoms with Gasteiger partial charge in [0, 0.05) is 0 Å². The monoisotopic (exact) mass is 307 g/mol. The summed E-state index contributed by atoms with van der Waals surface area (Å²) in [6, 6.07) is 0.967. The van der Waals surface area contributed by atoms with E-state index in [0.717, 1.165) is 18.9 Å². The van der Waals surface area contributed by atoms with Crippen molar-refractivity contribution in [2.75, 3.05) is 18.3 Å². The van der Waals surface area contributed by atoms with Crippen LogP contribution in [0.3, 0.4) is 0 Å². The number of nitrogens with one attached hydrogen (secondary N) is 2. The average molecular weight is 307 g/mol. The van der Waals surface area contributed by atoms with Gasteiger partial charge in [-0.1, -0.05) is 13.8 Å². The second kappa shape index (κ2) is 7.59. The van der Waals surface area contributed by atoms with E-state index in [9.17, 15) is 9.90 Å². The Bertz CT molecular complexity index is 496. The molecule has 0 aliphatic rings. The van der Waals surface area contributed by atoms with Crippen molar-refractivity contribution in [1.29, 1.82) is 0 Å². The molecule has 7 nitrogen and oxygen atoms in total. The Kier molecular flexibility index (Phi) is 6.44. The Morgan fingerprint density at radius 2 is 2.00 bits per heavy atom. The van der Waals surface area contributed by atoms with Gasteiger partial charge >= 0.3 is 0 Å². The van der Waals surface area contributed by atoms with E-state index in [0.29, 0.717) is 13.2 Å². The number of H-pyrrole nitrogens is 1. The largest absolute Gasteiger partial charge is 0.493 e. The first-order valence-corrected chi connectivity index (χ1v) is 8.60. The van der Waals surface area contributed by atoms with E-state index in [1.54, 1.807) is 0 Å². The molecule has 0 spiro atoms. The minimum atomic E-state index is -2.77. The molecule has 3 N–H and O–H groups in total. The van der Waals surface area contributed by atoms with Crippen molar-refractivity contribution in [3.8, 4) is 5.88 Å². The van der Waals surface area contributed by atoms with E-state index in [2.05, 4.69) is 15.1 Å². The smallest absolute Gasteiger partial charge is 0.289 e. The molecule has 1 aromatic heterocycles. The van der Waals surface area contributed by atoms with Crippen molar-refractivity contribution in [1.82, 2.24) is 9.97 Å². The molecule has 9 heteroatoms. The van der Waals surface area contributed by atoms with Gasteiger partial charge in [0.25, 0.3) is 12.2 Å².